The number of fused-ring (bicyclic) bond motifs is 4. The van der Waals surface area contributed by atoms with Gasteiger partial charge in [0.25, 0.3) is 11.8 Å². The lowest BCUT2D eigenvalue weighted by Crippen LogP contribution is -2.31. The van der Waals surface area contributed by atoms with Gasteiger partial charge in [0.05, 0.1) is 16.8 Å². The molecule has 0 atom stereocenters. The smallest absolute Gasteiger partial charge is 0.261 e. The number of nitrogens with zero attached hydrogens (tertiary/aromatic N) is 2. The van der Waals surface area contributed by atoms with Crippen molar-refractivity contribution in [2.75, 3.05) is 13.2 Å². The maximum absolute atomic E-state index is 12.4. The van der Waals surface area contributed by atoms with Gasteiger partial charge in [-0.3, -0.25) is 14.5 Å². The third kappa shape index (κ3) is 2.99. The number of aryl methyl sites for hydroxylation is 1. The van der Waals surface area contributed by atoms with Gasteiger partial charge in [-0.15, -0.1) is 0 Å². The Morgan fingerprint density at radius 2 is 1.55 bits per heavy atom. The van der Waals surface area contributed by atoms with E-state index in [1.165, 1.54) is 21.2 Å². The van der Waals surface area contributed by atoms with Gasteiger partial charge >= 0.3 is 0 Å². The van der Waals surface area contributed by atoms with Gasteiger partial charge in [-0.1, -0.05) is 53.7 Å². The number of amides is 2. The normalized spacial score (nSPS) is 16.6. The molecule has 2 amide bonds. The molecule has 0 fully saturated rings. The third-order valence-electron chi connectivity index (χ3n) is 5.63. The topological polar surface area (TPSA) is 59.0 Å². The molecule has 0 bridgehead atoms. The van der Waals surface area contributed by atoms with Crippen LogP contribution in [0.4, 0.5) is 0 Å². The average molecular weight is 384 g/mol. The summed E-state index contributed by atoms with van der Waals surface area (Å²) in [5.41, 5.74) is 4.41. The Labute approximate surface area is 168 Å². The molecule has 2 aliphatic rings. The highest BCUT2D eigenvalue weighted by atomic mass is 16.6. The van der Waals surface area contributed by atoms with E-state index in [0.29, 0.717) is 30.7 Å². The molecular weight excluding hydrogens is 364 g/mol. The first-order chi connectivity index (χ1) is 14.2. The first-order valence-corrected chi connectivity index (χ1v) is 9.89. The van der Waals surface area contributed by atoms with Crippen LogP contribution in [0, 0.1) is 0 Å². The number of oxime groups is 1. The molecule has 29 heavy (non-hydrogen) atoms. The van der Waals surface area contributed by atoms with Crippen LogP contribution in [-0.2, 0) is 11.3 Å². The van der Waals surface area contributed by atoms with Crippen LogP contribution < -0.4 is 0 Å². The number of carbonyl (C=O) groups excluding carboxylic acids is 2. The zero-order valence-electron chi connectivity index (χ0n) is 15.9. The molecule has 0 spiro atoms. The van der Waals surface area contributed by atoms with Crippen molar-refractivity contribution < 1.29 is 14.4 Å². The first-order valence-electron chi connectivity index (χ1n) is 9.89. The molecular formula is C24H20N2O3. The summed E-state index contributed by atoms with van der Waals surface area (Å²) in [5.74, 6) is -0.456. The summed E-state index contributed by atoms with van der Waals surface area (Å²) in [4.78, 5) is 31.5. The molecule has 1 heterocycles. The number of benzene rings is 3. The maximum Gasteiger partial charge on any atom is 0.261 e. The predicted molar refractivity (Wildman–Crippen MR) is 111 cm³/mol. The quantitative estimate of drug-likeness (QED) is 0.376. The van der Waals surface area contributed by atoms with E-state index in [4.69, 9.17) is 4.84 Å². The Kier molecular flexibility index (Phi) is 4.35. The van der Waals surface area contributed by atoms with Crippen LogP contribution >= 0.6 is 0 Å². The standard InChI is InChI=1S/C24H20N2O3/c27-23-20-8-3-4-9-21(20)24(28)26(23)14-5-15-29-25-22-13-12-18-17-7-2-1-6-16(17)10-11-19(18)22/h1-4,6-11H,5,12-15H2/b25-22+. The van der Waals surface area contributed by atoms with Gasteiger partial charge in [0.2, 0.25) is 0 Å². The van der Waals surface area contributed by atoms with Crippen molar-refractivity contribution in [2.24, 2.45) is 5.16 Å². The van der Waals surface area contributed by atoms with Crippen molar-refractivity contribution >= 4 is 28.3 Å². The summed E-state index contributed by atoms with van der Waals surface area (Å²) < 4.78 is 0. The fourth-order valence-electron chi connectivity index (χ4n) is 4.20. The Morgan fingerprint density at radius 3 is 2.34 bits per heavy atom. The number of rotatable bonds is 5. The predicted octanol–water partition coefficient (Wildman–Crippen LogP) is 4.19. The van der Waals surface area contributed by atoms with Gasteiger partial charge in [-0.05, 0) is 41.3 Å². The summed E-state index contributed by atoms with van der Waals surface area (Å²) >= 11 is 0. The van der Waals surface area contributed by atoms with Crippen LogP contribution in [0.15, 0.2) is 65.8 Å². The van der Waals surface area contributed by atoms with Crippen molar-refractivity contribution in [1.29, 1.82) is 0 Å². The van der Waals surface area contributed by atoms with Crippen molar-refractivity contribution in [1.82, 2.24) is 4.90 Å². The van der Waals surface area contributed by atoms with E-state index in [1.807, 2.05) is 0 Å². The molecule has 0 saturated heterocycles. The summed E-state index contributed by atoms with van der Waals surface area (Å²) in [6.07, 6.45) is 2.38. The SMILES string of the molecule is O=C1c2ccccc2C(=O)N1CCCO/N=C1\CCc2c1ccc1ccccc21. The van der Waals surface area contributed by atoms with Gasteiger partial charge in [-0.2, -0.15) is 0 Å². The summed E-state index contributed by atoms with van der Waals surface area (Å²) in [7, 11) is 0. The molecule has 3 aromatic carbocycles. The van der Waals surface area contributed by atoms with E-state index in [1.54, 1.807) is 24.3 Å². The van der Waals surface area contributed by atoms with Crippen LogP contribution in [0.2, 0.25) is 0 Å². The zero-order valence-corrected chi connectivity index (χ0v) is 15.9. The number of hydrogen-bond donors (Lipinski definition) is 0. The molecule has 5 heteroatoms. The minimum atomic E-state index is -0.228. The van der Waals surface area contributed by atoms with E-state index in [9.17, 15) is 9.59 Å². The largest absolute Gasteiger partial charge is 0.396 e. The summed E-state index contributed by atoms with van der Waals surface area (Å²) in [5, 5.41) is 6.86. The highest BCUT2D eigenvalue weighted by molar-refractivity contribution is 6.21. The first kappa shape index (κ1) is 17.6. The van der Waals surface area contributed by atoms with E-state index in [2.05, 4.69) is 41.6 Å². The fourth-order valence-corrected chi connectivity index (χ4v) is 4.20. The molecule has 0 N–H and O–H groups in total. The Morgan fingerprint density at radius 1 is 0.828 bits per heavy atom. The molecule has 5 nitrogen and oxygen atoms in total. The lowest BCUT2D eigenvalue weighted by Gasteiger charge is -2.13. The Hall–Kier alpha value is -3.47. The van der Waals surface area contributed by atoms with Gasteiger partial charge in [0.15, 0.2) is 0 Å². The van der Waals surface area contributed by atoms with Crippen LogP contribution in [0.5, 0.6) is 0 Å². The Balaban J connectivity index is 1.20. The maximum atomic E-state index is 12.4. The molecule has 144 valence electrons. The van der Waals surface area contributed by atoms with Crippen LogP contribution in [0.1, 0.15) is 44.7 Å². The molecule has 1 aliphatic heterocycles. The van der Waals surface area contributed by atoms with Crippen LogP contribution in [0.3, 0.4) is 0 Å². The summed E-state index contributed by atoms with van der Waals surface area (Å²) in [6, 6.07) is 19.6. The third-order valence-corrected chi connectivity index (χ3v) is 5.63. The van der Waals surface area contributed by atoms with E-state index >= 15 is 0 Å². The minimum Gasteiger partial charge on any atom is -0.396 e. The van der Waals surface area contributed by atoms with Gasteiger partial charge in [0.1, 0.15) is 6.61 Å². The number of hydrogen-bond acceptors (Lipinski definition) is 4. The molecule has 3 aromatic rings. The molecule has 0 radical (unpaired) electrons. The van der Waals surface area contributed by atoms with Crippen molar-refractivity contribution in [3.8, 4) is 0 Å². The second kappa shape index (κ2) is 7.17. The molecule has 0 unspecified atom stereocenters. The molecule has 1 aliphatic carbocycles. The van der Waals surface area contributed by atoms with E-state index in [-0.39, 0.29) is 11.8 Å². The minimum absolute atomic E-state index is 0.228. The number of carbonyl (C=O) groups is 2. The second-order valence-corrected chi connectivity index (χ2v) is 7.35. The van der Waals surface area contributed by atoms with Crippen LogP contribution in [-0.4, -0.2) is 35.6 Å². The Bertz CT molecular complexity index is 1130. The van der Waals surface area contributed by atoms with Gasteiger partial charge in [0, 0.05) is 18.5 Å². The van der Waals surface area contributed by atoms with E-state index < -0.39 is 0 Å². The fraction of sp³-hybridized carbons (Fsp3) is 0.208. The highest BCUT2D eigenvalue weighted by Crippen LogP contribution is 2.30. The average Bonchev–Trinajstić information content (AvgIpc) is 3.28. The molecule has 0 saturated carbocycles. The van der Waals surface area contributed by atoms with Crippen molar-refractivity contribution in [2.45, 2.75) is 19.3 Å². The highest BCUT2D eigenvalue weighted by Gasteiger charge is 2.34. The van der Waals surface area contributed by atoms with Gasteiger partial charge in [-0.25, -0.2) is 0 Å². The molecule has 5 rings (SSSR count). The zero-order chi connectivity index (χ0) is 19.8. The molecule has 0 aromatic heterocycles. The van der Waals surface area contributed by atoms with Crippen molar-refractivity contribution in [3.63, 3.8) is 0 Å². The monoisotopic (exact) mass is 384 g/mol. The second-order valence-electron chi connectivity index (χ2n) is 7.35. The lowest BCUT2D eigenvalue weighted by molar-refractivity contribution is 0.0628. The van der Waals surface area contributed by atoms with Crippen molar-refractivity contribution in [3.05, 3.63) is 82.9 Å². The van der Waals surface area contributed by atoms with E-state index in [0.717, 1.165) is 24.1 Å². The van der Waals surface area contributed by atoms with Crippen LogP contribution in [0.25, 0.3) is 10.8 Å². The number of imide groups is 1. The summed E-state index contributed by atoms with van der Waals surface area (Å²) in [6.45, 7) is 0.693. The van der Waals surface area contributed by atoms with Gasteiger partial charge < -0.3 is 4.84 Å². The lowest BCUT2D eigenvalue weighted by atomic mass is 10.0.